The van der Waals surface area contributed by atoms with Crippen LogP contribution in [0.25, 0.3) is 0 Å². The SMILES string of the molecule is CC(=O)OC(C)C1=CC=C2Oc3ccccc3CC2C1=O. The first-order valence-electron chi connectivity index (χ1n) is 6.95. The van der Waals surface area contributed by atoms with Crippen LogP contribution in [0.3, 0.4) is 0 Å². The minimum absolute atomic E-state index is 0.0317. The van der Waals surface area contributed by atoms with Gasteiger partial charge < -0.3 is 9.47 Å². The van der Waals surface area contributed by atoms with Crippen molar-refractivity contribution in [3.63, 3.8) is 0 Å². The number of Topliss-reactive ketones (excluding diaryl/α,β-unsaturated/α-hetero) is 1. The fourth-order valence-electron chi connectivity index (χ4n) is 2.77. The van der Waals surface area contributed by atoms with Gasteiger partial charge in [-0.1, -0.05) is 18.2 Å². The normalized spacial score (nSPS) is 21.2. The van der Waals surface area contributed by atoms with E-state index in [1.54, 1.807) is 19.1 Å². The van der Waals surface area contributed by atoms with E-state index in [2.05, 4.69) is 0 Å². The zero-order valence-electron chi connectivity index (χ0n) is 12.0. The molecule has 1 aliphatic carbocycles. The van der Waals surface area contributed by atoms with Gasteiger partial charge in [0.2, 0.25) is 0 Å². The highest BCUT2D eigenvalue weighted by Crippen LogP contribution is 2.37. The van der Waals surface area contributed by atoms with E-state index < -0.39 is 12.1 Å². The number of carbonyl (C=O) groups excluding carboxylic acids is 2. The van der Waals surface area contributed by atoms with Crippen molar-refractivity contribution in [3.8, 4) is 5.75 Å². The van der Waals surface area contributed by atoms with Gasteiger partial charge in [-0.3, -0.25) is 9.59 Å². The molecular weight excluding hydrogens is 268 g/mol. The van der Waals surface area contributed by atoms with Crippen molar-refractivity contribution in [1.29, 1.82) is 0 Å². The molecule has 0 spiro atoms. The molecule has 0 aromatic heterocycles. The van der Waals surface area contributed by atoms with Crippen LogP contribution in [0, 0.1) is 5.92 Å². The Balaban J connectivity index is 1.89. The summed E-state index contributed by atoms with van der Waals surface area (Å²) in [6.07, 6.45) is 3.57. The number of fused-ring (bicyclic) bond motifs is 2. The smallest absolute Gasteiger partial charge is 0.303 e. The molecular formula is C17H16O4. The Morgan fingerprint density at radius 3 is 2.86 bits per heavy atom. The van der Waals surface area contributed by atoms with Crippen molar-refractivity contribution in [1.82, 2.24) is 0 Å². The van der Waals surface area contributed by atoms with Crippen molar-refractivity contribution in [3.05, 3.63) is 53.3 Å². The number of hydrogen-bond donors (Lipinski definition) is 0. The molecule has 0 N–H and O–H groups in total. The molecule has 1 heterocycles. The fourth-order valence-corrected chi connectivity index (χ4v) is 2.77. The van der Waals surface area contributed by atoms with Gasteiger partial charge >= 0.3 is 5.97 Å². The highest BCUT2D eigenvalue weighted by atomic mass is 16.5. The molecule has 21 heavy (non-hydrogen) atoms. The Labute approximate surface area is 123 Å². The molecule has 0 bridgehead atoms. The molecule has 2 unspecified atom stereocenters. The lowest BCUT2D eigenvalue weighted by Crippen LogP contribution is -2.33. The Kier molecular flexibility index (Phi) is 3.37. The van der Waals surface area contributed by atoms with Gasteiger partial charge in [0.25, 0.3) is 0 Å². The van der Waals surface area contributed by atoms with Crippen LogP contribution in [-0.2, 0) is 20.7 Å². The minimum Gasteiger partial charge on any atom is -0.461 e. The molecule has 2 aliphatic rings. The molecule has 0 radical (unpaired) electrons. The van der Waals surface area contributed by atoms with Crippen molar-refractivity contribution < 1.29 is 19.1 Å². The second-order valence-electron chi connectivity index (χ2n) is 5.27. The molecule has 1 aromatic rings. The van der Waals surface area contributed by atoms with Crippen molar-refractivity contribution in [2.24, 2.45) is 5.92 Å². The molecule has 1 aliphatic heterocycles. The molecule has 2 atom stereocenters. The maximum atomic E-state index is 12.6. The van der Waals surface area contributed by atoms with Gasteiger partial charge in [-0.2, -0.15) is 0 Å². The number of benzene rings is 1. The summed E-state index contributed by atoms with van der Waals surface area (Å²) in [5.41, 5.74) is 1.54. The topological polar surface area (TPSA) is 52.6 Å². The molecule has 0 amide bonds. The molecule has 4 heteroatoms. The first-order chi connectivity index (χ1) is 10.1. The number of para-hydroxylation sites is 1. The number of ether oxygens (including phenoxy) is 2. The maximum Gasteiger partial charge on any atom is 0.303 e. The average molecular weight is 284 g/mol. The number of allylic oxidation sites excluding steroid dienone is 3. The van der Waals surface area contributed by atoms with Gasteiger partial charge in [-0.25, -0.2) is 0 Å². The van der Waals surface area contributed by atoms with E-state index in [0.717, 1.165) is 11.3 Å². The summed E-state index contributed by atoms with van der Waals surface area (Å²) in [5, 5.41) is 0. The van der Waals surface area contributed by atoms with E-state index in [1.165, 1.54) is 6.92 Å². The monoisotopic (exact) mass is 284 g/mol. The largest absolute Gasteiger partial charge is 0.461 e. The van der Waals surface area contributed by atoms with E-state index in [0.29, 0.717) is 17.8 Å². The van der Waals surface area contributed by atoms with Crippen LogP contribution in [0.4, 0.5) is 0 Å². The fraction of sp³-hybridized carbons (Fsp3) is 0.294. The second kappa shape index (κ2) is 5.20. The highest BCUT2D eigenvalue weighted by Gasteiger charge is 2.36. The van der Waals surface area contributed by atoms with Crippen molar-refractivity contribution in [2.45, 2.75) is 26.4 Å². The third-order valence-electron chi connectivity index (χ3n) is 3.78. The predicted octanol–water partition coefficient (Wildman–Crippen LogP) is 2.58. The van der Waals surface area contributed by atoms with Crippen LogP contribution in [-0.4, -0.2) is 17.9 Å². The minimum atomic E-state index is -0.537. The van der Waals surface area contributed by atoms with Crippen LogP contribution in [0.2, 0.25) is 0 Å². The summed E-state index contributed by atoms with van der Waals surface area (Å²) in [6.45, 7) is 3.05. The summed E-state index contributed by atoms with van der Waals surface area (Å²) in [5.74, 6) is 0.722. The first kappa shape index (κ1) is 13.6. The third kappa shape index (κ3) is 2.49. The predicted molar refractivity (Wildman–Crippen MR) is 76.7 cm³/mol. The standard InChI is InChI=1S/C17H16O4/c1-10(20-11(2)18)13-7-8-16-14(17(13)19)9-12-5-3-4-6-15(12)21-16/h3-8,10,14H,9H2,1-2H3. The average Bonchev–Trinajstić information content (AvgIpc) is 2.45. The lowest BCUT2D eigenvalue weighted by molar-refractivity contribution is -0.144. The van der Waals surface area contributed by atoms with Gasteiger partial charge in [0.1, 0.15) is 17.6 Å². The third-order valence-corrected chi connectivity index (χ3v) is 3.78. The van der Waals surface area contributed by atoms with Gasteiger partial charge in [0.05, 0.1) is 5.92 Å². The second-order valence-corrected chi connectivity index (χ2v) is 5.27. The Bertz CT molecular complexity index is 669. The van der Waals surface area contributed by atoms with Crippen LogP contribution < -0.4 is 4.74 Å². The van der Waals surface area contributed by atoms with Crippen molar-refractivity contribution >= 4 is 11.8 Å². The zero-order valence-corrected chi connectivity index (χ0v) is 12.0. The van der Waals surface area contributed by atoms with Crippen LogP contribution in [0.5, 0.6) is 5.75 Å². The number of esters is 1. The molecule has 1 aromatic carbocycles. The zero-order chi connectivity index (χ0) is 15.0. The molecule has 108 valence electrons. The highest BCUT2D eigenvalue weighted by molar-refractivity contribution is 6.01. The van der Waals surface area contributed by atoms with Gasteiger partial charge in [0, 0.05) is 12.5 Å². The quantitative estimate of drug-likeness (QED) is 0.783. The van der Waals surface area contributed by atoms with E-state index in [-0.39, 0.29) is 11.7 Å². The summed E-state index contributed by atoms with van der Waals surface area (Å²) in [7, 11) is 0. The first-order valence-corrected chi connectivity index (χ1v) is 6.95. The summed E-state index contributed by atoms with van der Waals surface area (Å²) < 4.78 is 10.9. The number of hydrogen-bond acceptors (Lipinski definition) is 4. The van der Waals surface area contributed by atoms with Gasteiger partial charge in [0.15, 0.2) is 5.78 Å². The maximum absolute atomic E-state index is 12.6. The Morgan fingerprint density at radius 1 is 1.33 bits per heavy atom. The summed E-state index contributed by atoms with van der Waals surface area (Å²) >= 11 is 0. The van der Waals surface area contributed by atoms with Crippen LogP contribution >= 0.6 is 0 Å². The summed E-state index contributed by atoms with van der Waals surface area (Å²) in [6, 6.07) is 7.71. The summed E-state index contributed by atoms with van der Waals surface area (Å²) in [4.78, 5) is 23.7. The van der Waals surface area contributed by atoms with E-state index >= 15 is 0 Å². The van der Waals surface area contributed by atoms with Crippen LogP contribution in [0.15, 0.2) is 47.7 Å². The van der Waals surface area contributed by atoms with E-state index in [1.807, 2.05) is 24.3 Å². The van der Waals surface area contributed by atoms with Gasteiger partial charge in [-0.05, 0) is 37.1 Å². The molecule has 0 saturated carbocycles. The Morgan fingerprint density at radius 2 is 2.10 bits per heavy atom. The molecule has 0 saturated heterocycles. The van der Waals surface area contributed by atoms with Gasteiger partial charge in [-0.15, -0.1) is 0 Å². The number of ketones is 1. The molecule has 4 nitrogen and oxygen atoms in total. The van der Waals surface area contributed by atoms with Crippen LogP contribution in [0.1, 0.15) is 19.4 Å². The molecule has 0 fully saturated rings. The molecule has 3 rings (SSSR count). The van der Waals surface area contributed by atoms with E-state index in [4.69, 9.17) is 9.47 Å². The lowest BCUT2D eigenvalue weighted by Gasteiger charge is -2.30. The van der Waals surface area contributed by atoms with E-state index in [9.17, 15) is 9.59 Å². The Hall–Kier alpha value is -2.36. The number of rotatable bonds is 2. The van der Waals surface area contributed by atoms with Crippen molar-refractivity contribution in [2.75, 3.05) is 0 Å². The number of carbonyl (C=O) groups is 2. The lowest BCUT2D eigenvalue weighted by atomic mass is 9.83.